The van der Waals surface area contributed by atoms with Gasteiger partial charge in [0, 0.05) is 24.4 Å². The second kappa shape index (κ2) is 10.7. The molecular formula is C27H34N2O5. The third-order valence-corrected chi connectivity index (χ3v) is 6.27. The molecule has 0 bridgehead atoms. The fourth-order valence-electron chi connectivity index (χ4n) is 4.28. The first-order valence-corrected chi connectivity index (χ1v) is 11.7. The molecule has 2 unspecified atom stereocenters. The maximum absolute atomic E-state index is 12.4. The zero-order chi connectivity index (χ0) is 24.9. The number of alkyl carbamates (subject to hydrolysis) is 1. The molecule has 1 aliphatic carbocycles. The molecule has 0 saturated carbocycles. The van der Waals surface area contributed by atoms with Crippen LogP contribution in [0.1, 0.15) is 64.0 Å². The van der Waals surface area contributed by atoms with Crippen LogP contribution in [0.4, 0.5) is 4.79 Å². The molecule has 2 aromatic carbocycles. The fraction of sp³-hybridized carbons (Fsp3) is 0.444. The van der Waals surface area contributed by atoms with Gasteiger partial charge < -0.3 is 20.5 Å². The standard InChI is InChI=1S/C27H34N2O5/c1-17(13-14-24(30)29-23(15-25(31)32)27(2,3)4)28-26(33)34-16-22-20-11-7-5-9-18(20)19-10-6-8-12-21(19)22/h5-12,17,22-23H,13-16H2,1-4H3,(H,28,33)(H,29,30)(H,31,32). The van der Waals surface area contributed by atoms with Crippen LogP contribution in [0.3, 0.4) is 0 Å². The monoisotopic (exact) mass is 466 g/mol. The van der Waals surface area contributed by atoms with E-state index in [2.05, 4.69) is 34.9 Å². The Balaban J connectivity index is 1.48. The van der Waals surface area contributed by atoms with Gasteiger partial charge in [0.05, 0.1) is 6.42 Å². The van der Waals surface area contributed by atoms with Crippen LogP contribution in [0.5, 0.6) is 0 Å². The molecule has 2 amide bonds. The normalized spacial score (nSPS) is 14.5. The summed E-state index contributed by atoms with van der Waals surface area (Å²) in [6.45, 7) is 7.72. The number of nitrogens with one attached hydrogen (secondary N) is 2. The van der Waals surface area contributed by atoms with Crippen molar-refractivity contribution in [2.45, 2.75) is 65.0 Å². The summed E-state index contributed by atoms with van der Waals surface area (Å²) in [4.78, 5) is 35.9. The van der Waals surface area contributed by atoms with Crippen molar-refractivity contribution in [3.8, 4) is 11.1 Å². The average Bonchev–Trinajstić information content (AvgIpc) is 3.09. The van der Waals surface area contributed by atoms with Gasteiger partial charge >= 0.3 is 12.1 Å². The van der Waals surface area contributed by atoms with Gasteiger partial charge in [-0.2, -0.15) is 0 Å². The van der Waals surface area contributed by atoms with Crippen LogP contribution in [-0.2, 0) is 14.3 Å². The van der Waals surface area contributed by atoms with Crippen LogP contribution < -0.4 is 10.6 Å². The summed E-state index contributed by atoms with van der Waals surface area (Å²) in [5, 5.41) is 14.7. The van der Waals surface area contributed by atoms with Gasteiger partial charge in [-0.3, -0.25) is 9.59 Å². The molecule has 3 N–H and O–H groups in total. The number of benzene rings is 2. The lowest BCUT2D eigenvalue weighted by atomic mass is 9.84. The summed E-state index contributed by atoms with van der Waals surface area (Å²) in [5.74, 6) is -1.20. The highest BCUT2D eigenvalue weighted by molar-refractivity contribution is 5.79. The molecule has 0 heterocycles. The number of carboxylic acids is 1. The number of rotatable bonds is 9. The van der Waals surface area contributed by atoms with E-state index in [1.165, 1.54) is 11.1 Å². The molecule has 2 atom stereocenters. The van der Waals surface area contributed by atoms with E-state index in [1.807, 2.05) is 52.0 Å². The summed E-state index contributed by atoms with van der Waals surface area (Å²) >= 11 is 0. The van der Waals surface area contributed by atoms with Crippen molar-refractivity contribution in [3.63, 3.8) is 0 Å². The number of amides is 2. The summed E-state index contributed by atoms with van der Waals surface area (Å²) < 4.78 is 5.55. The van der Waals surface area contributed by atoms with Crippen LogP contribution in [0.2, 0.25) is 0 Å². The summed E-state index contributed by atoms with van der Waals surface area (Å²) in [6, 6.07) is 15.6. The van der Waals surface area contributed by atoms with Crippen LogP contribution >= 0.6 is 0 Å². The van der Waals surface area contributed by atoms with E-state index in [9.17, 15) is 14.4 Å². The van der Waals surface area contributed by atoms with Gasteiger partial charge in [-0.15, -0.1) is 0 Å². The fourth-order valence-corrected chi connectivity index (χ4v) is 4.28. The number of hydrogen-bond donors (Lipinski definition) is 3. The molecule has 0 aliphatic heterocycles. The minimum atomic E-state index is -0.953. The van der Waals surface area contributed by atoms with Crippen molar-refractivity contribution in [2.75, 3.05) is 6.61 Å². The molecular weight excluding hydrogens is 432 g/mol. The number of fused-ring (bicyclic) bond motifs is 3. The van der Waals surface area contributed by atoms with Crippen LogP contribution in [-0.4, -0.2) is 41.8 Å². The average molecular weight is 467 g/mol. The Morgan fingerprint density at radius 3 is 2.06 bits per heavy atom. The summed E-state index contributed by atoms with van der Waals surface area (Å²) in [6.07, 6.45) is -0.0621. The Morgan fingerprint density at radius 1 is 0.971 bits per heavy atom. The van der Waals surface area contributed by atoms with Gasteiger partial charge in [-0.1, -0.05) is 69.3 Å². The number of hydrogen-bond acceptors (Lipinski definition) is 4. The van der Waals surface area contributed by atoms with E-state index in [1.54, 1.807) is 0 Å². The lowest BCUT2D eigenvalue weighted by Crippen LogP contribution is -2.45. The third kappa shape index (κ3) is 6.37. The van der Waals surface area contributed by atoms with E-state index in [-0.39, 0.29) is 42.7 Å². The lowest BCUT2D eigenvalue weighted by molar-refractivity contribution is -0.138. The highest BCUT2D eigenvalue weighted by atomic mass is 16.5. The Morgan fingerprint density at radius 2 is 1.53 bits per heavy atom. The summed E-state index contributed by atoms with van der Waals surface area (Å²) in [5.41, 5.74) is 4.26. The van der Waals surface area contributed by atoms with Gasteiger partial charge in [-0.05, 0) is 41.0 Å². The first-order valence-electron chi connectivity index (χ1n) is 11.7. The predicted molar refractivity (Wildman–Crippen MR) is 131 cm³/mol. The van der Waals surface area contributed by atoms with E-state index >= 15 is 0 Å². The highest BCUT2D eigenvalue weighted by Crippen LogP contribution is 2.44. The Hall–Kier alpha value is -3.35. The molecule has 0 aromatic heterocycles. The molecule has 0 radical (unpaired) electrons. The molecule has 1 aliphatic rings. The maximum atomic E-state index is 12.4. The van der Waals surface area contributed by atoms with Crippen LogP contribution in [0.25, 0.3) is 11.1 Å². The minimum Gasteiger partial charge on any atom is -0.481 e. The number of ether oxygens (including phenoxy) is 1. The van der Waals surface area contributed by atoms with Gasteiger partial charge in [0.1, 0.15) is 6.61 Å². The molecule has 0 fully saturated rings. The SMILES string of the molecule is CC(CCC(=O)NC(CC(=O)O)C(C)(C)C)NC(=O)OCC1c2ccccc2-c2ccccc21. The zero-order valence-corrected chi connectivity index (χ0v) is 20.3. The van der Waals surface area contributed by atoms with Gasteiger partial charge in [-0.25, -0.2) is 4.79 Å². The maximum Gasteiger partial charge on any atom is 0.407 e. The Bertz CT molecular complexity index is 998. The van der Waals surface area contributed by atoms with E-state index in [0.29, 0.717) is 6.42 Å². The van der Waals surface area contributed by atoms with Crippen LogP contribution in [0.15, 0.2) is 48.5 Å². The zero-order valence-electron chi connectivity index (χ0n) is 20.3. The quantitative estimate of drug-likeness (QED) is 0.497. The number of carbonyl (C=O) groups is 3. The van der Waals surface area contributed by atoms with Crippen molar-refractivity contribution in [1.82, 2.24) is 10.6 Å². The topological polar surface area (TPSA) is 105 Å². The molecule has 7 nitrogen and oxygen atoms in total. The van der Waals surface area contributed by atoms with Gasteiger partial charge in [0.2, 0.25) is 5.91 Å². The molecule has 0 spiro atoms. The van der Waals surface area contributed by atoms with Crippen molar-refractivity contribution in [1.29, 1.82) is 0 Å². The molecule has 7 heteroatoms. The molecule has 182 valence electrons. The highest BCUT2D eigenvalue weighted by Gasteiger charge is 2.30. The van der Waals surface area contributed by atoms with Gasteiger partial charge in [0.25, 0.3) is 0 Å². The second-order valence-electron chi connectivity index (χ2n) is 9.99. The largest absolute Gasteiger partial charge is 0.481 e. The molecule has 2 aromatic rings. The Labute approximate surface area is 200 Å². The molecule has 34 heavy (non-hydrogen) atoms. The van der Waals surface area contributed by atoms with Crippen molar-refractivity contribution >= 4 is 18.0 Å². The van der Waals surface area contributed by atoms with Crippen LogP contribution in [0, 0.1) is 5.41 Å². The van der Waals surface area contributed by atoms with E-state index < -0.39 is 18.1 Å². The van der Waals surface area contributed by atoms with E-state index in [0.717, 1.165) is 11.1 Å². The van der Waals surface area contributed by atoms with Crippen molar-refractivity contribution < 1.29 is 24.2 Å². The summed E-state index contributed by atoms with van der Waals surface area (Å²) in [7, 11) is 0. The molecule has 0 saturated heterocycles. The first-order chi connectivity index (χ1) is 16.1. The third-order valence-electron chi connectivity index (χ3n) is 6.27. The predicted octanol–water partition coefficient (Wildman–Crippen LogP) is 4.70. The van der Waals surface area contributed by atoms with Crippen molar-refractivity contribution in [3.05, 3.63) is 59.7 Å². The number of carboxylic acid groups (broad SMARTS) is 1. The minimum absolute atomic E-state index is 0.0113. The number of aliphatic carboxylic acids is 1. The second-order valence-corrected chi connectivity index (χ2v) is 9.99. The smallest absolute Gasteiger partial charge is 0.407 e. The lowest BCUT2D eigenvalue weighted by Gasteiger charge is -2.30. The van der Waals surface area contributed by atoms with Gasteiger partial charge in [0.15, 0.2) is 0 Å². The first kappa shape index (κ1) is 25.3. The van der Waals surface area contributed by atoms with E-state index in [4.69, 9.17) is 9.84 Å². The number of carbonyl (C=O) groups excluding carboxylic acids is 2. The molecule has 3 rings (SSSR count). The van der Waals surface area contributed by atoms with Crippen molar-refractivity contribution in [2.24, 2.45) is 5.41 Å². The Kier molecular flexibility index (Phi) is 7.97.